The van der Waals surface area contributed by atoms with E-state index < -0.39 is 0 Å². The molecule has 1 aromatic carbocycles. The van der Waals surface area contributed by atoms with Crippen molar-refractivity contribution in [1.82, 2.24) is 9.97 Å². The highest BCUT2D eigenvalue weighted by Crippen LogP contribution is 2.34. The average molecular weight is 303 g/mol. The number of rotatable bonds is 4. The third kappa shape index (κ3) is 2.59. The smallest absolute Gasteiger partial charge is 0.227 e. The predicted octanol–water partition coefficient (Wildman–Crippen LogP) is 1.92. The third-order valence-corrected chi connectivity index (χ3v) is 3.96. The maximum Gasteiger partial charge on any atom is 0.227 e. The molecule has 0 aliphatic carbocycles. The number of anilines is 2. The first-order valence-corrected chi connectivity index (χ1v) is 7.42. The summed E-state index contributed by atoms with van der Waals surface area (Å²) in [5.74, 6) is 8.20. The minimum Gasteiger partial charge on any atom is -0.493 e. The summed E-state index contributed by atoms with van der Waals surface area (Å²) < 4.78 is 10.7. The molecule has 1 aliphatic heterocycles. The van der Waals surface area contributed by atoms with Crippen LogP contribution in [0.2, 0.25) is 0 Å². The van der Waals surface area contributed by atoms with E-state index in [9.17, 15) is 0 Å². The lowest BCUT2D eigenvalue weighted by Crippen LogP contribution is -2.31. The molecular formula is C15H21N5O2. The Bertz CT molecular complexity index is 671. The number of hydrogen-bond acceptors (Lipinski definition) is 7. The number of benzene rings is 1. The highest BCUT2D eigenvalue weighted by Gasteiger charge is 2.17. The molecule has 118 valence electrons. The SMILES string of the molecule is COc1cc2nc(N3CCCCC3)nc(NN)c2cc1OC. The fourth-order valence-electron chi connectivity index (χ4n) is 2.79. The molecule has 0 amide bonds. The number of methoxy groups -OCH3 is 2. The van der Waals surface area contributed by atoms with Crippen LogP contribution < -0.4 is 25.6 Å². The number of nitrogens with zero attached hydrogens (tertiary/aromatic N) is 3. The van der Waals surface area contributed by atoms with Gasteiger partial charge < -0.3 is 19.8 Å². The van der Waals surface area contributed by atoms with Crippen molar-refractivity contribution in [1.29, 1.82) is 0 Å². The van der Waals surface area contributed by atoms with Gasteiger partial charge in [-0.25, -0.2) is 10.8 Å². The number of nitrogen functional groups attached to an aromatic ring is 1. The number of fused-ring (bicyclic) bond motifs is 1. The van der Waals surface area contributed by atoms with E-state index in [1.54, 1.807) is 14.2 Å². The highest BCUT2D eigenvalue weighted by atomic mass is 16.5. The van der Waals surface area contributed by atoms with Crippen molar-refractivity contribution in [2.75, 3.05) is 37.6 Å². The minimum atomic E-state index is 0.589. The molecule has 3 rings (SSSR count). The monoisotopic (exact) mass is 303 g/mol. The summed E-state index contributed by atoms with van der Waals surface area (Å²) in [6, 6.07) is 3.69. The highest BCUT2D eigenvalue weighted by molar-refractivity contribution is 5.92. The first-order valence-electron chi connectivity index (χ1n) is 7.42. The van der Waals surface area contributed by atoms with Gasteiger partial charge in [0.15, 0.2) is 17.3 Å². The Balaban J connectivity index is 2.12. The maximum absolute atomic E-state index is 5.65. The Morgan fingerprint density at radius 2 is 1.73 bits per heavy atom. The molecule has 0 saturated carbocycles. The normalized spacial score (nSPS) is 15.0. The molecule has 1 fully saturated rings. The number of aromatic nitrogens is 2. The van der Waals surface area contributed by atoms with Crippen LogP contribution in [-0.4, -0.2) is 37.3 Å². The van der Waals surface area contributed by atoms with E-state index in [1.807, 2.05) is 12.1 Å². The predicted molar refractivity (Wildman–Crippen MR) is 86.5 cm³/mol. The molecule has 0 atom stereocenters. The standard InChI is InChI=1S/C15H21N5O2/c1-21-12-8-10-11(9-13(12)22-2)17-15(18-14(10)19-16)20-6-4-3-5-7-20/h8-9H,3-7,16H2,1-2H3,(H,17,18,19). The molecule has 1 saturated heterocycles. The van der Waals surface area contributed by atoms with Gasteiger partial charge in [0, 0.05) is 24.5 Å². The molecule has 7 heteroatoms. The molecule has 3 N–H and O–H groups in total. The first-order chi connectivity index (χ1) is 10.8. The van der Waals surface area contributed by atoms with E-state index >= 15 is 0 Å². The van der Waals surface area contributed by atoms with Crippen LogP contribution in [-0.2, 0) is 0 Å². The number of hydrazine groups is 1. The number of nitrogens with one attached hydrogen (secondary N) is 1. The average Bonchev–Trinajstić information content (AvgIpc) is 2.60. The Kier molecular flexibility index (Phi) is 4.15. The summed E-state index contributed by atoms with van der Waals surface area (Å²) in [6.45, 7) is 1.95. The van der Waals surface area contributed by atoms with E-state index in [1.165, 1.54) is 19.3 Å². The zero-order chi connectivity index (χ0) is 15.5. The van der Waals surface area contributed by atoms with Gasteiger partial charge in [-0.2, -0.15) is 4.98 Å². The van der Waals surface area contributed by atoms with Crippen molar-refractivity contribution in [3.63, 3.8) is 0 Å². The number of hydrogen-bond donors (Lipinski definition) is 2. The molecule has 0 spiro atoms. The summed E-state index contributed by atoms with van der Waals surface area (Å²) in [5, 5.41) is 0.806. The fourth-order valence-corrected chi connectivity index (χ4v) is 2.79. The quantitative estimate of drug-likeness (QED) is 0.659. The van der Waals surface area contributed by atoms with Crippen LogP contribution in [0.15, 0.2) is 12.1 Å². The van der Waals surface area contributed by atoms with E-state index in [0.29, 0.717) is 23.3 Å². The van der Waals surface area contributed by atoms with E-state index in [-0.39, 0.29) is 0 Å². The van der Waals surface area contributed by atoms with Crippen LogP contribution in [0.25, 0.3) is 10.9 Å². The summed E-state index contributed by atoms with van der Waals surface area (Å²) in [7, 11) is 3.21. The van der Waals surface area contributed by atoms with Gasteiger partial charge in [0.05, 0.1) is 19.7 Å². The van der Waals surface area contributed by atoms with Crippen molar-refractivity contribution >= 4 is 22.7 Å². The summed E-state index contributed by atoms with van der Waals surface area (Å²) in [4.78, 5) is 11.4. The number of ether oxygens (including phenoxy) is 2. The third-order valence-electron chi connectivity index (χ3n) is 3.96. The largest absolute Gasteiger partial charge is 0.493 e. The van der Waals surface area contributed by atoms with Crippen LogP contribution in [0.5, 0.6) is 11.5 Å². The molecule has 22 heavy (non-hydrogen) atoms. The Labute approximate surface area is 129 Å². The van der Waals surface area contributed by atoms with Crippen molar-refractivity contribution < 1.29 is 9.47 Å². The molecule has 1 aliphatic rings. The van der Waals surface area contributed by atoms with Crippen LogP contribution in [0, 0.1) is 0 Å². The molecule has 1 aromatic heterocycles. The second-order valence-electron chi connectivity index (χ2n) is 5.29. The van der Waals surface area contributed by atoms with E-state index in [0.717, 1.165) is 24.0 Å². The molecule has 0 bridgehead atoms. The van der Waals surface area contributed by atoms with Gasteiger partial charge in [0.2, 0.25) is 5.95 Å². The minimum absolute atomic E-state index is 0.589. The van der Waals surface area contributed by atoms with Gasteiger partial charge in [-0.15, -0.1) is 0 Å². The lowest BCUT2D eigenvalue weighted by atomic mass is 10.1. The van der Waals surface area contributed by atoms with E-state index in [4.69, 9.17) is 15.3 Å². The van der Waals surface area contributed by atoms with Crippen molar-refractivity contribution in [2.45, 2.75) is 19.3 Å². The van der Waals surface area contributed by atoms with Crippen LogP contribution in [0.3, 0.4) is 0 Å². The molecule has 0 radical (unpaired) electrons. The molecular weight excluding hydrogens is 282 g/mol. The van der Waals surface area contributed by atoms with Gasteiger partial charge in [-0.1, -0.05) is 0 Å². The van der Waals surface area contributed by atoms with Gasteiger partial charge >= 0.3 is 0 Å². The lowest BCUT2D eigenvalue weighted by Gasteiger charge is -2.27. The Hall–Kier alpha value is -2.28. The van der Waals surface area contributed by atoms with Crippen LogP contribution in [0.4, 0.5) is 11.8 Å². The van der Waals surface area contributed by atoms with E-state index in [2.05, 4.69) is 20.3 Å². The molecule has 2 aromatic rings. The summed E-state index contributed by atoms with van der Waals surface area (Å²) in [5.41, 5.74) is 3.44. The first kappa shape index (κ1) is 14.6. The second-order valence-corrected chi connectivity index (χ2v) is 5.29. The van der Waals surface area contributed by atoms with Crippen LogP contribution in [0.1, 0.15) is 19.3 Å². The van der Waals surface area contributed by atoms with Gasteiger partial charge in [0.25, 0.3) is 0 Å². The molecule has 2 heterocycles. The Morgan fingerprint density at radius 3 is 2.36 bits per heavy atom. The summed E-state index contributed by atoms with van der Waals surface area (Å²) >= 11 is 0. The Morgan fingerprint density at radius 1 is 1.05 bits per heavy atom. The van der Waals surface area contributed by atoms with Gasteiger partial charge in [-0.3, -0.25) is 0 Å². The topological polar surface area (TPSA) is 85.5 Å². The number of piperidine rings is 1. The molecule has 7 nitrogen and oxygen atoms in total. The van der Waals surface area contributed by atoms with Crippen molar-refractivity contribution in [2.24, 2.45) is 5.84 Å². The van der Waals surface area contributed by atoms with Crippen LogP contribution >= 0.6 is 0 Å². The maximum atomic E-state index is 5.65. The van der Waals surface area contributed by atoms with Gasteiger partial charge in [0.1, 0.15) is 0 Å². The van der Waals surface area contributed by atoms with Crippen molar-refractivity contribution in [3.05, 3.63) is 12.1 Å². The molecule has 0 unspecified atom stereocenters. The lowest BCUT2D eigenvalue weighted by molar-refractivity contribution is 0.356. The van der Waals surface area contributed by atoms with Crippen molar-refractivity contribution in [3.8, 4) is 11.5 Å². The number of nitrogens with two attached hydrogens (primary N) is 1. The fraction of sp³-hybridized carbons (Fsp3) is 0.467. The summed E-state index contributed by atoms with van der Waals surface area (Å²) in [6.07, 6.45) is 3.59. The second kappa shape index (κ2) is 6.23. The zero-order valence-electron chi connectivity index (χ0n) is 12.9. The van der Waals surface area contributed by atoms with Gasteiger partial charge in [-0.05, 0) is 25.3 Å². The zero-order valence-corrected chi connectivity index (χ0v) is 12.9.